The largest absolute Gasteiger partial charge is 0.398 e. The summed E-state index contributed by atoms with van der Waals surface area (Å²) in [5.74, 6) is -1.31. The molecule has 12 aromatic rings. The number of ether oxygens (including phenoxy) is 1. The molecule has 122 heavy (non-hydrogen) atoms. The molecule has 8 N–H and O–H groups in total. The summed E-state index contributed by atoms with van der Waals surface area (Å²) in [4.78, 5) is 139. The third-order valence-corrected chi connectivity index (χ3v) is 20.3. The number of rotatable bonds is 14. The van der Waals surface area contributed by atoms with Crippen molar-refractivity contribution in [1.82, 2.24) is 0 Å². The van der Waals surface area contributed by atoms with Crippen molar-refractivity contribution in [3.63, 3.8) is 0 Å². The van der Waals surface area contributed by atoms with Gasteiger partial charge in [0.15, 0.2) is 23.1 Å². The van der Waals surface area contributed by atoms with Gasteiger partial charge in [0.2, 0.25) is 11.1 Å². The Morgan fingerprint density at radius 1 is 0.336 bits per heavy atom. The first kappa shape index (κ1) is 89.8. The molecule has 4 aliphatic carbocycles. The highest BCUT2D eigenvalue weighted by Crippen LogP contribution is 2.42. The predicted molar refractivity (Wildman–Crippen MR) is 478 cm³/mol. The van der Waals surface area contributed by atoms with Crippen LogP contribution in [0, 0.1) is 20.2 Å². The number of hydrogen-bond acceptors (Lipinski definition) is 17. The second-order valence-corrected chi connectivity index (χ2v) is 28.9. The van der Waals surface area contributed by atoms with Crippen LogP contribution in [0.25, 0.3) is 44.5 Å². The summed E-state index contributed by atoms with van der Waals surface area (Å²) in [5.41, 5.74) is 29.6. The Morgan fingerprint density at radius 3 is 0.975 bits per heavy atom. The van der Waals surface area contributed by atoms with Crippen LogP contribution in [-0.2, 0) is 40.0 Å². The van der Waals surface area contributed by atoms with E-state index in [1.807, 2.05) is 140 Å². The van der Waals surface area contributed by atoms with Crippen LogP contribution in [0.3, 0.4) is 0 Å². The summed E-state index contributed by atoms with van der Waals surface area (Å²) in [7, 11) is 0. The van der Waals surface area contributed by atoms with Crippen LogP contribution in [0.5, 0.6) is 0 Å². The van der Waals surface area contributed by atoms with Crippen molar-refractivity contribution >= 4 is 126 Å². The van der Waals surface area contributed by atoms with Gasteiger partial charge < -0.3 is 37.5 Å². The van der Waals surface area contributed by atoms with E-state index in [9.17, 15) is 68.2 Å². The van der Waals surface area contributed by atoms with Crippen molar-refractivity contribution in [2.75, 3.05) is 45.9 Å². The highest BCUT2D eigenvalue weighted by molar-refractivity contribution is 6.68. The lowest BCUT2D eigenvalue weighted by Crippen LogP contribution is -2.18. The molecule has 5 aliphatic rings. The van der Waals surface area contributed by atoms with Gasteiger partial charge in [-0.2, -0.15) is 0 Å². The smallest absolute Gasteiger partial charge is 0.282 e. The lowest BCUT2D eigenvalue weighted by molar-refractivity contribution is -0.385. The van der Waals surface area contributed by atoms with Gasteiger partial charge in [-0.25, -0.2) is 0 Å². The zero-order valence-electron chi connectivity index (χ0n) is 65.8. The Balaban J connectivity index is 0.000000159. The molecular formula is C97H86Cl2N8O15. The number of nitrogens with two attached hydrogens (primary N) is 2. The minimum Gasteiger partial charge on any atom is -0.398 e. The van der Waals surface area contributed by atoms with E-state index in [-0.39, 0.29) is 76.0 Å². The molecule has 0 atom stereocenters. The maximum atomic E-state index is 12.9. The first-order chi connectivity index (χ1) is 58.4. The fourth-order valence-corrected chi connectivity index (χ4v) is 14.8. The van der Waals surface area contributed by atoms with Crippen molar-refractivity contribution < 1.29 is 62.5 Å². The quantitative estimate of drug-likeness (QED) is 0.0255. The number of para-hydroxylation sites is 4. The number of anilines is 6. The molecular weight excluding hydrogens is 1590 g/mol. The zero-order chi connectivity index (χ0) is 86.2. The Labute approximate surface area is 714 Å². The standard InChI is InChI=1S/C24H20N2O3.C22H16N2O4.C22H18N2O2.C15H13NO.C7H4ClNO3.C4H8O.C2H3ClO.CH4/c1-15(27)25-20-10-6-5-9-19(20)24(29)26-21-13-11-17(16-7-3-2-4-8-16)18-12-14-22(28)23(18)21;25-20-13-11-16-15(14-6-2-1-3-7-14)10-12-18(21(16)20)23-22(26)17-8-4-5-9-19(17)24(27)28;23-18-9-5-4-8-17(18)22(26)24-19-12-10-15(14-6-2-1-3-7-14)16-11-13-20(25)21(16)19;16-13-8-6-11(10-4-2-1-3-5-10)12-7-9-14(17)15(12)13;8-7(10)5-3-1-2-4-6(5)9(11)12;1-2-4-5-3-1;1-2(3)4;/h2-11,13H,12,14H2,1H3,(H,25,27)(H,26,29);1-10,12H,11,13H2,(H,23,26);1-10,12H,11,13,23H2,(H,24,26);1-6,8H,7,9,16H2;1-4H;1-4H2;1H3;1H4. The normalized spacial score (nSPS) is 12.6. The van der Waals surface area contributed by atoms with E-state index in [4.69, 9.17) is 27.8 Å². The van der Waals surface area contributed by atoms with Crippen LogP contribution in [0.15, 0.2) is 267 Å². The number of amides is 4. The lowest BCUT2D eigenvalue weighted by Gasteiger charge is -2.15. The highest BCUT2D eigenvalue weighted by atomic mass is 35.5. The maximum Gasteiger partial charge on any atom is 0.282 e. The number of nitro groups is 2. The second kappa shape index (κ2) is 42.7. The van der Waals surface area contributed by atoms with E-state index in [1.54, 1.807) is 72.8 Å². The molecule has 0 radical (unpaired) electrons. The molecule has 1 saturated heterocycles. The minimum atomic E-state index is -0.817. The number of nitrogens with zero attached hydrogens (tertiary/aromatic N) is 2. The predicted octanol–water partition coefficient (Wildman–Crippen LogP) is 20.9. The van der Waals surface area contributed by atoms with Gasteiger partial charge in [-0.3, -0.25) is 68.2 Å². The van der Waals surface area contributed by atoms with Gasteiger partial charge in [0, 0.05) is 98.5 Å². The van der Waals surface area contributed by atoms with Gasteiger partial charge in [0.05, 0.1) is 43.7 Å². The molecule has 25 heteroatoms. The zero-order valence-corrected chi connectivity index (χ0v) is 67.3. The molecule has 23 nitrogen and oxygen atoms in total. The molecule has 618 valence electrons. The number of fused-ring (bicyclic) bond motifs is 4. The number of halogens is 2. The number of carbonyl (C=O) groups excluding carboxylic acids is 10. The summed E-state index contributed by atoms with van der Waals surface area (Å²) in [6, 6.07) is 79.7. The molecule has 1 fully saturated rings. The average molecular weight is 1670 g/mol. The lowest BCUT2D eigenvalue weighted by atomic mass is 9.95. The van der Waals surface area contributed by atoms with E-state index in [2.05, 4.69) is 45.0 Å². The van der Waals surface area contributed by atoms with Crippen LogP contribution in [0.2, 0.25) is 0 Å². The molecule has 0 spiro atoms. The van der Waals surface area contributed by atoms with Gasteiger partial charge in [-0.15, -0.1) is 0 Å². The van der Waals surface area contributed by atoms with Crippen LogP contribution in [0.1, 0.15) is 165 Å². The van der Waals surface area contributed by atoms with E-state index in [0.29, 0.717) is 107 Å². The summed E-state index contributed by atoms with van der Waals surface area (Å²) in [5, 5.41) is 31.4. The summed E-state index contributed by atoms with van der Waals surface area (Å²) in [6.07, 6.45) is 7.19. The molecule has 0 aromatic heterocycles. The van der Waals surface area contributed by atoms with Gasteiger partial charge in [0.1, 0.15) is 11.1 Å². The highest BCUT2D eigenvalue weighted by Gasteiger charge is 2.32. The number of nitro benzene ring substituents is 2. The fraction of sp³-hybridized carbons (Fsp3) is 0.155. The molecule has 1 aliphatic heterocycles. The number of nitrogens with one attached hydrogen (secondary N) is 4. The van der Waals surface area contributed by atoms with Gasteiger partial charge in [-0.1, -0.05) is 202 Å². The van der Waals surface area contributed by atoms with Crippen molar-refractivity contribution in [2.45, 2.75) is 85.5 Å². The Morgan fingerprint density at radius 2 is 0.631 bits per heavy atom. The number of nitrogen functional groups attached to an aromatic ring is 2. The van der Waals surface area contributed by atoms with E-state index in [1.165, 1.54) is 69.2 Å². The second-order valence-electron chi connectivity index (χ2n) is 28.0. The van der Waals surface area contributed by atoms with E-state index >= 15 is 0 Å². The molecule has 4 amide bonds. The van der Waals surface area contributed by atoms with Gasteiger partial charge in [0.25, 0.3) is 34.3 Å². The number of carbonyl (C=O) groups is 10. The molecule has 0 saturated carbocycles. The maximum absolute atomic E-state index is 12.9. The summed E-state index contributed by atoms with van der Waals surface area (Å²) in [6.45, 7) is 4.68. The fourth-order valence-electron chi connectivity index (χ4n) is 14.6. The first-order valence-electron chi connectivity index (χ1n) is 38.7. The van der Waals surface area contributed by atoms with Crippen LogP contribution in [0.4, 0.5) is 45.5 Å². The average Bonchev–Trinajstić information content (AvgIpc) is 1.63. The SMILES string of the molecule is C.C1CCOC1.CC(=O)Cl.CC(=O)Nc1ccccc1C(=O)Nc1ccc(-c2ccccc2)c2c1C(=O)CC2.Nc1ccc(-c2ccccc2)c2c1C(=O)CC2.Nc1ccccc1C(=O)Nc1ccc(-c2ccccc2)c2c1C(=O)CC2.O=C(Cl)c1ccccc1[N+](=O)[O-].O=C(Nc1ccc(-c2ccccc2)c2c1C(=O)CC2)c1ccccc1[N+](=O)[O-]. The van der Waals surface area contributed by atoms with Crippen molar-refractivity contribution in [3.8, 4) is 44.5 Å². The summed E-state index contributed by atoms with van der Waals surface area (Å²) < 4.78 is 4.94. The molecule has 12 aromatic carbocycles. The summed E-state index contributed by atoms with van der Waals surface area (Å²) >= 11 is 9.74. The topological polar surface area (TPSA) is 366 Å². The minimum absolute atomic E-state index is 0. The Hall–Kier alpha value is -14.5. The molecule has 0 bridgehead atoms. The van der Waals surface area contributed by atoms with E-state index in [0.717, 1.165) is 92.0 Å². The van der Waals surface area contributed by atoms with Crippen molar-refractivity contribution in [1.29, 1.82) is 0 Å². The van der Waals surface area contributed by atoms with Crippen molar-refractivity contribution in [2.24, 2.45) is 0 Å². The van der Waals surface area contributed by atoms with Gasteiger partial charge in [-0.05, 0) is 189 Å². The van der Waals surface area contributed by atoms with Gasteiger partial charge >= 0.3 is 0 Å². The first-order valence-corrected chi connectivity index (χ1v) is 39.4. The van der Waals surface area contributed by atoms with Crippen LogP contribution in [-0.4, -0.2) is 80.3 Å². The third-order valence-electron chi connectivity index (χ3n) is 20.1. The van der Waals surface area contributed by atoms with Crippen molar-refractivity contribution in [3.05, 3.63) is 354 Å². The van der Waals surface area contributed by atoms with Crippen LogP contribution < -0.4 is 32.7 Å². The molecule has 1 heterocycles. The van der Waals surface area contributed by atoms with Crippen LogP contribution >= 0.6 is 23.2 Å². The van der Waals surface area contributed by atoms with E-state index < -0.39 is 21.0 Å². The molecule has 17 rings (SSSR count). The number of Topliss-reactive ketones (excluding diaryl/α,β-unsaturated/α-hetero) is 4. The monoisotopic (exact) mass is 1670 g/mol. The number of hydrogen-bond donors (Lipinski definition) is 6. The Kier molecular flexibility index (Phi) is 31.5. The number of benzene rings is 12. The Bertz CT molecular complexity index is 5920. The number of ketones is 4. The molecule has 0 unspecified atom stereocenters. The third kappa shape index (κ3) is 22.4.